The molecule has 0 fully saturated rings. The van der Waals surface area contributed by atoms with Crippen LogP contribution in [0.5, 0.6) is 5.75 Å². The van der Waals surface area contributed by atoms with Crippen LogP contribution in [0.25, 0.3) is 11.1 Å². The van der Waals surface area contributed by atoms with Crippen molar-refractivity contribution < 1.29 is 32.2 Å². The predicted octanol–water partition coefficient (Wildman–Crippen LogP) is 4.02. The van der Waals surface area contributed by atoms with Crippen LogP contribution in [0.1, 0.15) is 5.56 Å². The fourth-order valence-corrected chi connectivity index (χ4v) is 2.00. The summed E-state index contributed by atoms with van der Waals surface area (Å²) in [6.07, 6.45) is -5.22. The Morgan fingerprint density at radius 3 is 2.50 bits per heavy atom. The van der Waals surface area contributed by atoms with Gasteiger partial charge in [-0.3, -0.25) is 4.79 Å². The van der Waals surface area contributed by atoms with E-state index in [-0.39, 0.29) is 23.1 Å². The van der Waals surface area contributed by atoms with Gasteiger partial charge in [0.2, 0.25) is 0 Å². The Morgan fingerprint density at radius 2 is 1.86 bits per heavy atom. The Kier molecular flexibility index (Phi) is 4.35. The molecule has 0 saturated heterocycles. The molecule has 22 heavy (non-hydrogen) atoms. The summed E-state index contributed by atoms with van der Waals surface area (Å²) >= 11 is 0. The van der Waals surface area contributed by atoms with Gasteiger partial charge < -0.3 is 9.84 Å². The predicted molar refractivity (Wildman–Crippen MR) is 69.9 cm³/mol. The minimum absolute atomic E-state index is 0.204. The zero-order valence-electron chi connectivity index (χ0n) is 11.0. The number of alkyl halides is 3. The van der Waals surface area contributed by atoms with Gasteiger partial charge in [0.25, 0.3) is 0 Å². The molecule has 0 aliphatic rings. The zero-order valence-corrected chi connectivity index (χ0v) is 11.0. The zero-order chi connectivity index (χ0) is 16.3. The highest BCUT2D eigenvalue weighted by atomic mass is 19.4. The van der Waals surface area contributed by atoms with Crippen molar-refractivity contribution in [1.82, 2.24) is 0 Å². The van der Waals surface area contributed by atoms with E-state index in [0.717, 1.165) is 24.3 Å². The standard InChI is InChI=1S/C15H10F4O3/c16-11-5-4-10(7-14(20)21)13(8-11)9-2-1-3-12(6-9)22-15(17,18)19/h1-6,8H,7H2,(H,20,21). The average Bonchev–Trinajstić information content (AvgIpc) is 2.38. The molecular formula is C15H10F4O3. The van der Waals surface area contributed by atoms with E-state index in [1.165, 1.54) is 18.2 Å². The quantitative estimate of drug-likeness (QED) is 0.867. The monoisotopic (exact) mass is 314 g/mol. The summed E-state index contributed by atoms with van der Waals surface area (Å²) in [6.45, 7) is 0. The molecule has 2 rings (SSSR count). The van der Waals surface area contributed by atoms with Crippen molar-refractivity contribution in [2.45, 2.75) is 12.8 Å². The average molecular weight is 314 g/mol. The number of halogens is 4. The van der Waals surface area contributed by atoms with Gasteiger partial charge in [-0.05, 0) is 41.0 Å². The SMILES string of the molecule is O=C(O)Cc1ccc(F)cc1-c1cccc(OC(F)(F)F)c1. The van der Waals surface area contributed by atoms with Crippen LogP contribution < -0.4 is 4.74 Å². The molecule has 0 spiro atoms. The molecule has 0 aliphatic heterocycles. The van der Waals surface area contributed by atoms with Gasteiger partial charge in [0.15, 0.2) is 0 Å². The number of hydrogen-bond acceptors (Lipinski definition) is 2. The van der Waals surface area contributed by atoms with Crippen molar-refractivity contribution in [2.75, 3.05) is 0 Å². The lowest BCUT2D eigenvalue weighted by atomic mass is 9.97. The Labute approximate surface area is 122 Å². The first-order valence-electron chi connectivity index (χ1n) is 6.11. The van der Waals surface area contributed by atoms with E-state index in [4.69, 9.17) is 5.11 Å². The summed E-state index contributed by atoms with van der Waals surface area (Å²) in [6, 6.07) is 8.40. The molecule has 0 aromatic heterocycles. The highest BCUT2D eigenvalue weighted by Gasteiger charge is 2.31. The summed E-state index contributed by atoms with van der Waals surface area (Å²) in [4.78, 5) is 10.8. The minimum atomic E-state index is -4.84. The molecule has 0 amide bonds. The largest absolute Gasteiger partial charge is 0.573 e. The highest BCUT2D eigenvalue weighted by Crippen LogP contribution is 2.30. The number of benzene rings is 2. The van der Waals surface area contributed by atoms with E-state index in [1.54, 1.807) is 0 Å². The molecule has 0 radical (unpaired) electrons. The fraction of sp³-hybridized carbons (Fsp3) is 0.133. The van der Waals surface area contributed by atoms with Gasteiger partial charge in [0, 0.05) is 0 Å². The van der Waals surface area contributed by atoms with Crippen LogP contribution >= 0.6 is 0 Å². The second-order valence-electron chi connectivity index (χ2n) is 4.45. The highest BCUT2D eigenvalue weighted by molar-refractivity contribution is 5.77. The summed E-state index contributed by atoms with van der Waals surface area (Å²) in [5, 5.41) is 8.85. The summed E-state index contributed by atoms with van der Waals surface area (Å²) in [5.74, 6) is -2.21. The molecule has 0 bridgehead atoms. The van der Waals surface area contributed by atoms with Crippen LogP contribution in [-0.2, 0) is 11.2 Å². The molecule has 116 valence electrons. The maximum atomic E-state index is 13.4. The molecule has 0 aliphatic carbocycles. The van der Waals surface area contributed by atoms with Gasteiger partial charge in [-0.1, -0.05) is 18.2 Å². The number of ether oxygens (including phenoxy) is 1. The molecule has 7 heteroatoms. The first-order valence-corrected chi connectivity index (χ1v) is 6.11. The van der Waals surface area contributed by atoms with Crippen molar-refractivity contribution >= 4 is 5.97 Å². The molecule has 0 saturated carbocycles. The number of carbonyl (C=O) groups is 1. The van der Waals surface area contributed by atoms with Crippen molar-refractivity contribution in [3.63, 3.8) is 0 Å². The number of aliphatic carboxylic acids is 1. The molecule has 2 aromatic rings. The third kappa shape index (κ3) is 4.21. The Morgan fingerprint density at radius 1 is 1.14 bits per heavy atom. The van der Waals surface area contributed by atoms with Crippen molar-refractivity contribution in [1.29, 1.82) is 0 Å². The minimum Gasteiger partial charge on any atom is -0.481 e. The molecular weight excluding hydrogens is 304 g/mol. The smallest absolute Gasteiger partial charge is 0.481 e. The molecule has 0 atom stereocenters. The number of rotatable bonds is 4. The number of hydrogen-bond donors (Lipinski definition) is 1. The van der Waals surface area contributed by atoms with E-state index in [2.05, 4.69) is 4.74 Å². The Bertz CT molecular complexity index is 695. The van der Waals surface area contributed by atoms with Crippen LogP contribution in [0.15, 0.2) is 42.5 Å². The van der Waals surface area contributed by atoms with E-state index in [1.807, 2.05) is 0 Å². The lowest BCUT2D eigenvalue weighted by Gasteiger charge is -2.12. The van der Waals surface area contributed by atoms with Gasteiger partial charge in [-0.2, -0.15) is 0 Å². The van der Waals surface area contributed by atoms with Crippen LogP contribution in [0.4, 0.5) is 17.6 Å². The summed E-state index contributed by atoms with van der Waals surface area (Å²) in [5.41, 5.74) is 0.727. The van der Waals surface area contributed by atoms with Crippen LogP contribution in [0.3, 0.4) is 0 Å². The molecule has 3 nitrogen and oxygen atoms in total. The fourth-order valence-electron chi connectivity index (χ4n) is 2.00. The van der Waals surface area contributed by atoms with E-state index < -0.39 is 23.9 Å². The van der Waals surface area contributed by atoms with Gasteiger partial charge >= 0.3 is 12.3 Å². The second kappa shape index (κ2) is 6.05. The van der Waals surface area contributed by atoms with Crippen LogP contribution in [0.2, 0.25) is 0 Å². The second-order valence-corrected chi connectivity index (χ2v) is 4.45. The van der Waals surface area contributed by atoms with Crippen LogP contribution in [0, 0.1) is 5.82 Å². The first kappa shape index (κ1) is 15.8. The third-order valence-electron chi connectivity index (χ3n) is 2.79. The van der Waals surface area contributed by atoms with E-state index in [9.17, 15) is 22.4 Å². The van der Waals surface area contributed by atoms with Crippen LogP contribution in [-0.4, -0.2) is 17.4 Å². The topological polar surface area (TPSA) is 46.5 Å². The third-order valence-corrected chi connectivity index (χ3v) is 2.79. The molecule has 0 heterocycles. The van der Waals surface area contributed by atoms with Gasteiger partial charge in [0.05, 0.1) is 6.42 Å². The van der Waals surface area contributed by atoms with Crippen molar-refractivity contribution in [3.8, 4) is 16.9 Å². The molecule has 0 unspecified atom stereocenters. The normalized spacial score (nSPS) is 11.3. The van der Waals surface area contributed by atoms with E-state index >= 15 is 0 Å². The van der Waals surface area contributed by atoms with Gasteiger partial charge in [-0.15, -0.1) is 13.2 Å². The Balaban J connectivity index is 2.45. The summed E-state index contributed by atoms with van der Waals surface area (Å²) in [7, 11) is 0. The lowest BCUT2D eigenvalue weighted by Crippen LogP contribution is -2.17. The van der Waals surface area contributed by atoms with Crippen molar-refractivity contribution in [2.24, 2.45) is 0 Å². The first-order chi connectivity index (χ1) is 10.2. The number of carboxylic acid groups (broad SMARTS) is 1. The Hall–Kier alpha value is -2.57. The number of carboxylic acids is 1. The van der Waals surface area contributed by atoms with Crippen molar-refractivity contribution in [3.05, 3.63) is 53.8 Å². The molecule has 2 aromatic carbocycles. The maximum Gasteiger partial charge on any atom is 0.573 e. The van der Waals surface area contributed by atoms with E-state index in [0.29, 0.717) is 0 Å². The van der Waals surface area contributed by atoms with Gasteiger partial charge in [-0.25, -0.2) is 4.39 Å². The van der Waals surface area contributed by atoms with Gasteiger partial charge in [0.1, 0.15) is 11.6 Å². The lowest BCUT2D eigenvalue weighted by molar-refractivity contribution is -0.274. The molecule has 1 N–H and O–H groups in total. The summed E-state index contributed by atoms with van der Waals surface area (Å²) < 4.78 is 53.9. The maximum absolute atomic E-state index is 13.4.